The summed E-state index contributed by atoms with van der Waals surface area (Å²) in [6.45, 7) is 0. The summed E-state index contributed by atoms with van der Waals surface area (Å²) in [6.07, 6.45) is -0.552. The molecule has 1 aliphatic carbocycles. The summed E-state index contributed by atoms with van der Waals surface area (Å²) < 4.78 is 63.5. The highest BCUT2D eigenvalue weighted by molar-refractivity contribution is 7.87. The minimum absolute atomic E-state index is 0.0568. The van der Waals surface area contributed by atoms with E-state index in [2.05, 4.69) is 4.18 Å². The number of halogens is 3. The van der Waals surface area contributed by atoms with Crippen LogP contribution in [-0.4, -0.2) is 20.3 Å². The van der Waals surface area contributed by atoms with Crippen molar-refractivity contribution < 1.29 is 25.8 Å². The Labute approximate surface area is 115 Å². The summed E-state index contributed by atoms with van der Waals surface area (Å²) in [5.74, 6) is -1.70. The zero-order chi connectivity index (χ0) is 14.8. The van der Waals surface area contributed by atoms with E-state index in [4.69, 9.17) is 0 Å². The maximum atomic E-state index is 12.1. The minimum atomic E-state index is -4.80. The Morgan fingerprint density at radius 2 is 1.85 bits per heavy atom. The summed E-state index contributed by atoms with van der Waals surface area (Å²) in [5.41, 5.74) is 0.919. The van der Waals surface area contributed by atoms with Crippen LogP contribution in [0.15, 0.2) is 24.3 Å². The third-order valence-electron chi connectivity index (χ3n) is 3.25. The fourth-order valence-corrected chi connectivity index (χ4v) is 3.31. The first kappa shape index (κ1) is 15.2. The third kappa shape index (κ3) is 4.40. The Kier molecular flexibility index (Phi) is 4.27. The standard InChI is InChI=1S/C13H15F3O3S/c14-13(15,16)9-20(17,18)19-12-7-3-6-11(8-12)10-4-1-2-5-10/h3,6-8,10H,1-2,4-5,9H2. The van der Waals surface area contributed by atoms with E-state index in [0.29, 0.717) is 5.92 Å². The molecular formula is C13H15F3O3S. The van der Waals surface area contributed by atoms with Crippen molar-refractivity contribution in [1.29, 1.82) is 0 Å². The van der Waals surface area contributed by atoms with Crippen LogP contribution in [-0.2, 0) is 10.1 Å². The molecule has 1 aromatic carbocycles. The van der Waals surface area contributed by atoms with Gasteiger partial charge in [0.2, 0.25) is 0 Å². The number of hydrogen-bond acceptors (Lipinski definition) is 3. The second-order valence-corrected chi connectivity index (χ2v) is 6.53. The Hall–Kier alpha value is -1.24. The number of benzene rings is 1. The second kappa shape index (κ2) is 5.63. The SMILES string of the molecule is O=S(=O)(CC(F)(F)F)Oc1cccc(C2CCCC2)c1. The zero-order valence-corrected chi connectivity index (χ0v) is 11.5. The molecule has 0 N–H and O–H groups in total. The molecule has 20 heavy (non-hydrogen) atoms. The van der Waals surface area contributed by atoms with Crippen molar-refractivity contribution in [1.82, 2.24) is 0 Å². The first-order valence-corrected chi connectivity index (χ1v) is 7.92. The first-order chi connectivity index (χ1) is 9.25. The Morgan fingerprint density at radius 3 is 2.45 bits per heavy atom. The Bertz CT molecular complexity index is 560. The van der Waals surface area contributed by atoms with Crippen LogP contribution >= 0.6 is 0 Å². The Balaban J connectivity index is 2.11. The Morgan fingerprint density at radius 1 is 1.20 bits per heavy atom. The van der Waals surface area contributed by atoms with Gasteiger partial charge in [-0.15, -0.1) is 0 Å². The fraction of sp³-hybridized carbons (Fsp3) is 0.538. The van der Waals surface area contributed by atoms with Crippen molar-refractivity contribution in [2.24, 2.45) is 0 Å². The molecule has 0 aromatic heterocycles. The summed E-state index contributed by atoms with van der Waals surface area (Å²) in [7, 11) is -4.66. The van der Waals surface area contributed by atoms with E-state index in [0.717, 1.165) is 31.2 Å². The van der Waals surface area contributed by atoms with Gasteiger partial charge in [-0.2, -0.15) is 21.6 Å². The average Bonchev–Trinajstić information content (AvgIpc) is 2.78. The van der Waals surface area contributed by atoms with Gasteiger partial charge in [-0.3, -0.25) is 0 Å². The predicted molar refractivity (Wildman–Crippen MR) is 68.1 cm³/mol. The predicted octanol–water partition coefficient (Wildman–Crippen LogP) is 3.62. The van der Waals surface area contributed by atoms with E-state index in [1.807, 2.05) is 6.07 Å². The molecule has 0 amide bonds. The monoisotopic (exact) mass is 308 g/mol. The maximum absolute atomic E-state index is 12.1. The van der Waals surface area contributed by atoms with Crippen molar-refractivity contribution in [2.45, 2.75) is 37.8 Å². The van der Waals surface area contributed by atoms with E-state index in [9.17, 15) is 21.6 Å². The fourth-order valence-electron chi connectivity index (χ4n) is 2.46. The van der Waals surface area contributed by atoms with E-state index in [1.54, 1.807) is 6.07 Å². The number of rotatable bonds is 4. The van der Waals surface area contributed by atoms with E-state index in [1.165, 1.54) is 12.1 Å². The molecule has 1 aliphatic rings. The lowest BCUT2D eigenvalue weighted by Gasteiger charge is -2.12. The normalized spacial score (nSPS) is 17.4. The van der Waals surface area contributed by atoms with E-state index in [-0.39, 0.29) is 5.75 Å². The molecule has 0 aliphatic heterocycles. The van der Waals surface area contributed by atoms with Gasteiger partial charge in [0.15, 0.2) is 5.75 Å². The molecule has 0 unspecified atom stereocenters. The molecule has 0 spiro atoms. The molecule has 112 valence electrons. The van der Waals surface area contributed by atoms with Gasteiger partial charge < -0.3 is 4.18 Å². The van der Waals surface area contributed by atoms with Crippen LogP contribution in [0, 0.1) is 0 Å². The summed E-state index contributed by atoms with van der Waals surface area (Å²) in [4.78, 5) is 0. The molecule has 1 aromatic rings. The zero-order valence-electron chi connectivity index (χ0n) is 10.7. The van der Waals surface area contributed by atoms with Crippen molar-refractivity contribution >= 4 is 10.1 Å². The van der Waals surface area contributed by atoms with Gasteiger partial charge >= 0.3 is 16.3 Å². The largest absolute Gasteiger partial charge is 0.406 e. The minimum Gasteiger partial charge on any atom is -0.382 e. The van der Waals surface area contributed by atoms with Gasteiger partial charge in [-0.05, 0) is 36.5 Å². The van der Waals surface area contributed by atoms with Gasteiger partial charge in [0.25, 0.3) is 0 Å². The van der Waals surface area contributed by atoms with Gasteiger partial charge in [-0.25, -0.2) is 0 Å². The van der Waals surface area contributed by atoms with Crippen LogP contribution in [0.2, 0.25) is 0 Å². The smallest absolute Gasteiger partial charge is 0.382 e. The molecule has 1 saturated carbocycles. The van der Waals surface area contributed by atoms with E-state index >= 15 is 0 Å². The summed E-state index contributed by atoms with van der Waals surface area (Å²) in [6, 6.07) is 6.32. The summed E-state index contributed by atoms with van der Waals surface area (Å²) >= 11 is 0. The molecule has 1 fully saturated rings. The molecule has 3 nitrogen and oxygen atoms in total. The first-order valence-electron chi connectivity index (χ1n) is 6.34. The molecule has 0 radical (unpaired) electrons. The molecule has 0 atom stereocenters. The van der Waals surface area contributed by atoms with Crippen molar-refractivity contribution in [2.75, 3.05) is 5.75 Å². The highest BCUT2D eigenvalue weighted by atomic mass is 32.2. The molecular weight excluding hydrogens is 293 g/mol. The second-order valence-electron chi connectivity index (χ2n) is 4.95. The van der Waals surface area contributed by atoms with Crippen LogP contribution < -0.4 is 4.18 Å². The van der Waals surface area contributed by atoms with Gasteiger partial charge in [0, 0.05) is 0 Å². The molecule has 0 saturated heterocycles. The highest BCUT2D eigenvalue weighted by Gasteiger charge is 2.36. The van der Waals surface area contributed by atoms with Crippen LogP contribution in [0.3, 0.4) is 0 Å². The maximum Gasteiger partial charge on any atom is 0.406 e. The highest BCUT2D eigenvalue weighted by Crippen LogP contribution is 2.35. The quantitative estimate of drug-likeness (QED) is 0.798. The van der Waals surface area contributed by atoms with Gasteiger partial charge in [0.05, 0.1) is 0 Å². The number of hydrogen-bond donors (Lipinski definition) is 0. The van der Waals surface area contributed by atoms with Crippen LogP contribution in [0.5, 0.6) is 5.75 Å². The summed E-state index contributed by atoms with van der Waals surface area (Å²) in [5, 5.41) is 0. The average molecular weight is 308 g/mol. The molecule has 7 heteroatoms. The number of alkyl halides is 3. The van der Waals surface area contributed by atoms with Crippen LogP contribution in [0.25, 0.3) is 0 Å². The van der Waals surface area contributed by atoms with Gasteiger partial charge in [0.1, 0.15) is 5.75 Å². The van der Waals surface area contributed by atoms with Crippen molar-refractivity contribution in [3.05, 3.63) is 29.8 Å². The molecule has 0 bridgehead atoms. The lowest BCUT2D eigenvalue weighted by molar-refractivity contribution is -0.107. The van der Waals surface area contributed by atoms with Gasteiger partial charge in [-0.1, -0.05) is 25.0 Å². The lowest BCUT2D eigenvalue weighted by atomic mass is 9.98. The third-order valence-corrected chi connectivity index (χ3v) is 4.38. The lowest BCUT2D eigenvalue weighted by Crippen LogP contribution is -2.26. The molecule has 0 heterocycles. The van der Waals surface area contributed by atoms with E-state index < -0.39 is 22.0 Å². The van der Waals surface area contributed by atoms with Crippen LogP contribution in [0.4, 0.5) is 13.2 Å². The molecule has 2 rings (SSSR count). The van der Waals surface area contributed by atoms with Crippen molar-refractivity contribution in [3.63, 3.8) is 0 Å². The van der Waals surface area contributed by atoms with Crippen molar-refractivity contribution in [3.8, 4) is 5.75 Å². The van der Waals surface area contributed by atoms with Crippen LogP contribution in [0.1, 0.15) is 37.2 Å². The topological polar surface area (TPSA) is 43.4 Å².